The summed E-state index contributed by atoms with van der Waals surface area (Å²) in [6.07, 6.45) is 1.54. The van der Waals surface area contributed by atoms with Crippen molar-refractivity contribution in [1.82, 2.24) is 4.90 Å². The van der Waals surface area contributed by atoms with Crippen LogP contribution in [0.1, 0.15) is 28.6 Å². The number of nitrogens with two attached hydrogens (primary N) is 1. The van der Waals surface area contributed by atoms with Crippen LogP contribution in [-0.4, -0.2) is 17.4 Å². The van der Waals surface area contributed by atoms with Gasteiger partial charge in [-0.25, -0.2) is 0 Å². The van der Waals surface area contributed by atoms with Crippen molar-refractivity contribution in [3.05, 3.63) is 53.5 Å². The lowest BCUT2D eigenvalue weighted by molar-refractivity contribution is 0.0719. The van der Waals surface area contributed by atoms with Gasteiger partial charge < -0.3 is 15.1 Å². The minimum absolute atomic E-state index is 0.0816. The van der Waals surface area contributed by atoms with Crippen molar-refractivity contribution >= 4 is 11.6 Å². The maximum atomic E-state index is 12.3. The molecule has 4 heteroatoms. The average molecular weight is 258 g/mol. The number of amides is 1. The summed E-state index contributed by atoms with van der Waals surface area (Å²) < 4.78 is 5.25. The molecule has 0 atom stereocenters. The molecule has 0 spiro atoms. The molecule has 0 aliphatic carbocycles. The van der Waals surface area contributed by atoms with Gasteiger partial charge in [-0.1, -0.05) is 12.1 Å². The molecule has 19 heavy (non-hydrogen) atoms. The number of furan rings is 1. The number of carbonyl (C=O) groups excluding carboxylic acids is 1. The highest BCUT2D eigenvalue weighted by atomic mass is 16.3. The first-order valence-electron chi connectivity index (χ1n) is 6.29. The Morgan fingerprint density at radius 1 is 1.26 bits per heavy atom. The van der Waals surface area contributed by atoms with E-state index < -0.39 is 0 Å². The maximum absolute atomic E-state index is 12.3. The maximum Gasteiger partial charge on any atom is 0.290 e. The molecule has 0 radical (unpaired) electrons. The standard InChI is InChI=1S/C15H18N2O2/c1-3-17(10-12-4-6-13(16)7-5-12)15(18)14-11(2)8-9-19-14/h4-9H,3,10,16H2,1-2H3. The first-order valence-corrected chi connectivity index (χ1v) is 6.29. The second kappa shape index (κ2) is 5.61. The number of benzene rings is 1. The van der Waals surface area contributed by atoms with Gasteiger partial charge in [-0.3, -0.25) is 4.79 Å². The molecule has 100 valence electrons. The van der Waals surface area contributed by atoms with E-state index in [0.717, 1.165) is 16.8 Å². The normalized spacial score (nSPS) is 10.4. The molecule has 0 saturated heterocycles. The van der Waals surface area contributed by atoms with Gasteiger partial charge in [-0.15, -0.1) is 0 Å². The molecule has 2 N–H and O–H groups in total. The molecule has 0 aliphatic heterocycles. The van der Waals surface area contributed by atoms with Crippen LogP contribution in [0.2, 0.25) is 0 Å². The van der Waals surface area contributed by atoms with Crippen molar-refractivity contribution in [1.29, 1.82) is 0 Å². The van der Waals surface area contributed by atoms with Crippen molar-refractivity contribution in [2.45, 2.75) is 20.4 Å². The Morgan fingerprint density at radius 3 is 2.47 bits per heavy atom. The summed E-state index contributed by atoms with van der Waals surface area (Å²) >= 11 is 0. The van der Waals surface area contributed by atoms with Crippen LogP contribution < -0.4 is 5.73 Å². The van der Waals surface area contributed by atoms with E-state index in [9.17, 15) is 4.79 Å². The van der Waals surface area contributed by atoms with Gasteiger partial charge in [-0.05, 0) is 37.6 Å². The van der Waals surface area contributed by atoms with Crippen LogP contribution in [0.15, 0.2) is 41.0 Å². The van der Waals surface area contributed by atoms with Gasteiger partial charge in [0, 0.05) is 24.3 Å². The van der Waals surface area contributed by atoms with Crippen LogP contribution in [-0.2, 0) is 6.54 Å². The van der Waals surface area contributed by atoms with E-state index in [2.05, 4.69) is 0 Å². The summed E-state index contributed by atoms with van der Waals surface area (Å²) in [5.74, 6) is 0.333. The van der Waals surface area contributed by atoms with Crippen LogP contribution in [0.5, 0.6) is 0 Å². The van der Waals surface area contributed by atoms with E-state index in [1.165, 1.54) is 0 Å². The van der Waals surface area contributed by atoms with Crippen LogP contribution >= 0.6 is 0 Å². The summed E-state index contributed by atoms with van der Waals surface area (Å²) in [5, 5.41) is 0. The second-order valence-electron chi connectivity index (χ2n) is 4.49. The lowest BCUT2D eigenvalue weighted by atomic mass is 10.2. The van der Waals surface area contributed by atoms with Crippen molar-refractivity contribution in [3.8, 4) is 0 Å². The third-order valence-electron chi connectivity index (χ3n) is 3.08. The van der Waals surface area contributed by atoms with Gasteiger partial charge in [0.15, 0.2) is 5.76 Å². The molecule has 1 aromatic carbocycles. The molecule has 0 unspecified atom stereocenters. The fourth-order valence-electron chi connectivity index (χ4n) is 1.91. The zero-order chi connectivity index (χ0) is 13.8. The largest absolute Gasteiger partial charge is 0.459 e. The van der Waals surface area contributed by atoms with Gasteiger partial charge in [0.1, 0.15) is 0 Å². The van der Waals surface area contributed by atoms with Crippen LogP contribution in [0.3, 0.4) is 0 Å². The lowest BCUT2D eigenvalue weighted by Crippen LogP contribution is -2.30. The minimum atomic E-state index is -0.0816. The Balaban J connectivity index is 2.14. The number of aryl methyl sites for hydroxylation is 1. The summed E-state index contributed by atoms with van der Waals surface area (Å²) in [6, 6.07) is 9.34. The Bertz CT molecular complexity index is 558. The van der Waals surface area contributed by atoms with Gasteiger partial charge in [0.05, 0.1) is 6.26 Å². The third-order valence-corrected chi connectivity index (χ3v) is 3.08. The van der Waals surface area contributed by atoms with Crippen molar-refractivity contribution in [3.63, 3.8) is 0 Å². The molecule has 0 fully saturated rings. The number of rotatable bonds is 4. The molecular formula is C15H18N2O2. The highest BCUT2D eigenvalue weighted by Gasteiger charge is 2.19. The Kier molecular flexibility index (Phi) is 3.90. The van der Waals surface area contributed by atoms with E-state index >= 15 is 0 Å². The highest BCUT2D eigenvalue weighted by molar-refractivity contribution is 5.92. The molecule has 0 aliphatic rings. The third kappa shape index (κ3) is 2.96. The summed E-state index contributed by atoms with van der Waals surface area (Å²) in [6.45, 7) is 5.00. The number of hydrogen-bond acceptors (Lipinski definition) is 3. The lowest BCUT2D eigenvalue weighted by Gasteiger charge is -2.20. The number of anilines is 1. The van der Waals surface area contributed by atoms with E-state index in [4.69, 9.17) is 10.2 Å². The first-order chi connectivity index (χ1) is 9.11. The summed E-state index contributed by atoms with van der Waals surface area (Å²) in [7, 11) is 0. The van der Waals surface area contributed by atoms with E-state index in [1.54, 1.807) is 17.2 Å². The Morgan fingerprint density at radius 2 is 1.95 bits per heavy atom. The quantitative estimate of drug-likeness (QED) is 0.858. The molecule has 2 aromatic rings. The SMILES string of the molecule is CCN(Cc1ccc(N)cc1)C(=O)c1occc1C. The van der Waals surface area contributed by atoms with Crippen molar-refractivity contribution in [2.75, 3.05) is 12.3 Å². The molecule has 2 rings (SSSR count). The minimum Gasteiger partial charge on any atom is -0.459 e. The van der Waals surface area contributed by atoms with Crippen LogP contribution in [0.25, 0.3) is 0 Å². The van der Waals surface area contributed by atoms with E-state index in [-0.39, 0.29) is 5.91 Å². The molecule has 0 bridgehead atoms. The topological polar surface area (TPSA) is 59.5 Å². The molecule has 4 nitrogen and oxygen atoms in total. The first kappa shape index (κ1) is 13.2. The summed E-state index contributed by atoms with van der Waals surface area (Å²) in [4.78, 5) is 14.1. The fourth-order valence-corrected chi connectivity index (χ4v) is 1.91. The molecule has 1 heterocycles. The van der Waals surface area contributed by atoms with Gasteiger partial charge in [-0.2, -0.15) is 0 Å². The Labute approximate surface area is 112 Å². The zero-order valence-electron chi connectivity index (χ0n) is 11.2. The highest BCUT2D eigenvalue weighted by Crippen LogP contribution is 2.15. The fraction of sp³-hybridized carbons (Fsp3) is 0.267. The van der Waals surface area contributed by atoms with Gasteiger partial charge >= 0.3 is 0 Å². The number of nitrogen functional groups attached to an aromatic ring is 1. The Hall–Kier alpha value is -2.23. The predicted molar refractivity (Wildman–Crippen MR) is 74.7 cm³/mol. The number of hydrogen-bond donors (Lipinski definition) is 1. The molecule has 1 aromatic heterocycles. The zero-order valence-corrected chi connectivity index (χ0v) is 11.2. The number of nitrogens with zero attached hydrogens (tertiary/aromatic N) is 1. The molecular weight excluding hydrogens is 240 g/mol. The smallest absolute Gasteiger partial charge is 0.290 e. The molecule has 0 saturated carbocycles. The van der Waals surface area contributed by atoms with Crippen LogP contribution in [0, 0.1) is 6.92 Å². The summed E-state index contributed by atoms with van der Waals surface area (Å²) in [5.41, 5.74) is 8.28. The van der Waals surface area contributed by atoms with E-state index in [1.807, 2.05) is 38.1 Å². The van der Waals surface area contributed by atoms with Crippen LogP contribution in [0.4, 0.5) is 5.69 Å². The van der Waals surface area contributed by atoms with Crippen molar-refractivity contribution in [2.24, 2.45) is 0 Å². The van der Waals surface area contributed by atoms with E-state index in [0.29, 0.717) is 18.8 Å². The monoisotopic (exact) mass is 258 g/mol. The predicted octanol–water partition coefficient (Wildman–Crippen LogP) is 2.83. The average Bonchev–Trinajstić information content (AvgIpc) is 2.83. The van der Waals surface area contributed by atoms with Gasteiger partial charge in [0.2, 0.25) is 0 Å². The second-order valence-corrected chi connectivity index (χ2v) is 4.49. The van der Waals surface area contributed by atoms with Gasteiger partial charge in [0.25, 0.3) is 5.91 Å². The van der Waals surface area contributed by atoms with Crippen molar-refractivity contribution < 1.29 is 9.21 Å². The molecule has 1 amide bonds. The number of carbonyl (C=O) groups is 1.